The number of ether oxygens (including phenoxy) is 1. The molecule has 2 aromatic carbocycles. The summed E-state index contributed by atoms with van der Waals surface area (Å²) in [5.74, 6) is -2.07. The van der Waals surface area contributed by atoms with Crippen molar-refractivity contribution in [3.63, 3.8) is 0 Å². The summed E-state index contributed by atoms with van der Waals surface area (Å²) in [6.45, 7) is 3.52. The van der Waals surface area contributed by atoms with Crippen LogP contribution in [0.4, 0.5) is 5.69 Å². The van der Waals surface area contributed by atoms with Gasteiger partial charge in [0.1, 0.15) is 6.04 Å². The molecule has 2 heterocycles. The number of nitrogens with zero attached hydrogens (tertiary/aromatic N) is 2. The summed E-state index contributed by atoms with van der Waals surface area (Å²) in [5.41, 5.74) is 2.22. The van der Waals surface area contributed by atoms with Crippen molar-refractivity contribution < 1.29 is 24.2 Å². The van der Waals surface area contributed by atoms with Crippen LogP contribution in [0.25, 0.3) is 0 Å². The molecule has 3 aromatic rings. The van der Waals surface area contributed by atoms with Crippen LogP contribution >= 0.6 is 0 Å². The van der Waals surface area contributed by atoms with Crippen LogP contribution in [0.15, 0.2) is 90.3 Å². The van der Waals surface area contributed by atoms with Crippen molar-refractivity contribution in [1.29, 1.82) is 0 Å². The Kier molecular flexibility index (Phi) is 7.06. The van der Waals surface area contributed by atoms with Gasteiger partial charge in [0.25, 0.3) is 5.91 Å². The predicted molar refractivity (Wildman–Crippen MR) is 131 cm³/mol. The van der Waals surface area contributed by atoms with Crippen molar-refractivity contribution in [2.75, 3.05) is 4.90 Å². The topological polar surface area (TPSA) is 96.8 Å². The van der Waals surface area contributed by atoms with Crippen LogP contribution in [-0.4, -0.2) is 33.9 Å². The summed E-state index contributed by atoms with van der Waals surface area (Å²) in [4.78, 5) is 44.4. The fourth-order valence-electron chi connectivity index (χ4n) is 4.05. The number of benzene rings is 2. The Morgan fingerprint density at radius 2 is 1.69 bits per heavy atom. The maximum atomic E-state index is 13.3. The van der Waals surface area contributed by atoms with Gasteiger partial charge in [-0.25, -0.2) is 4.79 Å². The smallest absolute Gasteiger partial charge is 0.338 e. The maximum absolute atomic E-state index is 13.3. The number of ketones is 1. The molecular weight excluding hydrogens is 444 g/mol. The van der Waals surface area contributed by atoms with E-state index in [1.54, 1.807) is 62.5 Å². The van der Waals surface area contributed by atoms with Crippen molar-refractivity contribution in [2.45, 2.75) is 38.8 Å². The highest BCUT2D eigenvalue weighted by Gasteiger charge is 2.44. The van der Waals surface area contributed by atoms with E-state index in [0.717, 1.165) is 5.56 Å². The lowest BCUT2D eigenvalue weighted by Crippen LogP contribution is -2.31. The molecule has 0 fully saturated rings. The first-order chi connectivity index (χ1) is 16.9. The van der Waals surface area contributed by atoms with Crippen LogP contribution in [0.5, 0.6) is 0 Å². The molecule has 35 heavy (non-hydrogen) atoms. The lowest BCUT2D eigenvalue weighted by Gasteiger charge is -2.26. The number of amides is 1. The molecule has 1 atom stereocenters. The molecule has 7 nitrogen and oxygen atoms in total. The first-order valence-electron chi connectivity index (χ1n) is 11.4. The summed E-state index contributed by atoms with van der Waals surface area (Å²) >= 11 is 0. The minimum Gasteiger partial charge on any atom is -0.503 e. The molecule has 1 N–H and O–H groups in total. The number of pyridine rings is 1. The fourth-order valence-corrected chi connectivity index (χ4v) is 4.05. The zero-order chi connectivity index (χ0) is 24.9. The second-order valence-electron chi connectivity index (χ2n) is 8.50. The van der Waals surface area contributed by atoms with Crippen molar-refractivity contribution >= 4 is 23.3 Å². The minimum absolute atomic E-state index is 0.0212. The lowest BCUT2D eigenvalue weighted by molar-refractivity contribution is -0.118. The van der Waals surface area contributed by atoms with Crippen molar-refractivity contribution in [1.82, 2.24) is 4.98 Å². The normalized spacial score (nSPS) is 15.6. The Morgan fingerprint density at radius 3 is 2.31 bits per heavy atom. The standard InChI is InChI=1S/C28H26N2O5/c1-18(2)35-28(34)20-12-14-21(15-13-20)30-25(22-10-6-7-17-29-22)24(26(32)27(30)33)23(31)16-11-19-8-4-3-5-9-19/h3-10,12-15,17-18,25,32H,11,16H2,1-2H3. The largest absolute Gasteiger partial charge is 0.503 e. The third kappa shape index (κ3) is 5.14. The second kappa shape index (κ2) is 10.3. The van der Waals surface area contributed by atoms with E-state index in [1.165, 1.54) is 4.90 Å². The van der Waals surface area contributed by atoms with E-state index < -0.39 is 23.7 Å². The van der Waals surface area contributed by atoms with Crippen molar-refractivity contribution in [3.05, 3.63) is 107 Å². The number of rotatable bonds is 8. The summed E-state index contributed by atoms with van der Waals surface area (Å²) in [6, 6.07) is 20.2. The zero-order valence-corrected chi connectivity index (χ0v) is 19.5. The number of anilines is 1. The molecule has 1 aliphatic rings. The monoisotopic (exact) mass is 470 g/mol. The molecule has 0 bridgehead atoms. The van der Waals surface area contributed by atoms with Gasteiger partial charge in [-0.3, -0.25) is 19.5 Å². The SMILES string of the molecule is CC(C)OC(=O)c1ccc(N2C(=O)C(O)=C(C(=O)CCc3ccccc3)C2c2ccccn2)cc1. The molecule has 0 aliphatic carbocycles. The number of aromatic nitrogens is 1. The average molecular weight is 471 g/mol. The number of aryl methyl sites for hydroxylation is 1. The number of hydrogen-bond donors (Lipinski definition) is 1. The Bertz CT molecular complexity index is 1250. The van der Waals surface area contributed by atoms with Crippen LogP contribution in [-0.2, 0) is 20.7 Å². The summed E-state index contributed by atoms with van der Waals surface area (Å²) in [6.07, 6.45) is 1.92. The zero-order valence-electron chi connectivity index (χ0n) is 19.5. The molecule has 0 spiro atoms. The van der Waals surface area contributed by atoms with Crippen molar-refractivity contribution in [2.24, 2.45) is 0 Å². The quantitative estimate of drug-likeness (QED) is 0.477. The van der Waals surface area contributed by atoms with Gasteiger partial charge in [0.15, 0.2) is 11.5 Å². The van der Waals surface area contributed by atoms with Gasteiger partial charge in [-0.2, -0.15) is 0 Å². The number of hydrogen-bond acceptors (Lipinski definition) is 6. The van der Waals surface area contributed by atoms with Gasteiger partial charge in [0, 0.05) is 18.3 Å². The molecule has 7 heteroatoms. The molecular formula is C28H26N2O5. The van der Waals surface area contributed by atoms with Gasteiger partial charge < -0.3 is 9.84 Å². The van der Waals surface area contributed by atoms with Gasteiger partial charge in [0.2, 0.25) is 0 Å². The predicted octanol–water partition coefficient (Wildman–Crippen LogP) is 4.75. The molecule has 178 valence electrons. The van der Waals surface area contributed by atoms with Crippen LogP contribution in [0.3, 0.4) is 0 Å². The average Bonchev–Trinajstić information content (AvgIpc) is 3.14. The Morgan fingerprint density at radius 1 is 1.00 bits per heavy atom. The van der Waals surface area contributed by atoms with Gasteiger partial charge in [0.05, 0.1) is 22.9 Å². The van der Waals surface area contributed by atoms with Crippen LogP contribution in [0.2, 0.25) is 0 Å². The first kappa shape index (κ1) is 23.9. The van der Waals surface area contributed by atoms with Gasteiger partial charge in [-0.1, -0.05) is 36.4 Å². The number of Topliss-reactive ketones (excluding diaryl/α,β-unsaturated/α-hetero) is 1. The number of carbonyl (C=O) groups is 3. The second-order valence-corrected chi connectivity index (χ2v) is 8.50. The van der Waals surface area contributed by atoms with Crippen molar-refractivity contribution in [3.8, 4) is 0 Å². The third-order valence-electron chi connectivity index (χ3n) is 5.68. The Hall–Kier alpha value is -4.26. The van der Waals surface area contributed by atoms with Crippen LogP contribution in [0, 0.1) is 0 Å². The van der Waals surface area contributed by atoms with E-state index in [4.69, 9.17) is 4.74 Å². The molecule has 0 saturated carbocycles. The van der Waals surface area contributed by atoms with Crippen LogP contribution in [0.1, 0.15) is 47.9 Å². The van der Waals surface area contributed by atoms with E-state index >= 15 is 0 Å². The van der Waals surface area contributed by atoms with Gasteiger partial charge in [-0.15, -0.1) is 0 Å². The first-order valence-corrected chi connectivity index (χ1v) is 11.4. The minimum atomic E-state index is -0.888. The Labute approximate surface area is 203 Å². The van der Waals surface area contributed by atoms with Gasteiger partial charge >= 0.3 is 5.97 Å². The molecule has 4 rings (SSSR count). The van der Waals surface area contributed by atoms with E-state index in [9.17, 15) is 19.5 Å². The molecule has 0 saturated heterocycles. The van der Waals surface area contributed by atoms with E-state index in [1.807, 2.05) is 30.3 Å². The molecule has 0 radical (unpaired) electrons. The number of aliphatic hydroxyl groups excluding tert-OH is 1. The summed E-state index contributed by atoms with van der Waals surface area (Å²) in [5, 5.41) is 10.8. The van der Waals surface area contributed by atoms with E-state index in [2.05, 4.69) is 4.98 Å². The number of aliphatic hydroxyl groups is 1. The molecule has 1 amide bonds. The summed E-state index contributed by atoms with van der Waals surface area (Å²) in [7, 11) is 0. The van der Waals surface area contributed by atoms with E-state index in [-0.39, 0.29) is 23.9 Å². The molecule has 1 aromatic heterocycles. The summed E-state index contributed by atoms with van der Waals surface area (Å²) < 4.78 is 5.22. The maximum Gasteiger partial charge on any atom is 0.338 e. The number of esters is 1. The lowest BCUT2D eigenvalue weighted by atomic mass is 9.95. The highest BCUT2D eigenvalue weighted by Crippen LogP contribution is 2.40. The van der Waals surface area contributed by atoms with Crippen LogP contribution < -0.4 is 4.90 Å². The molecule has 1 aliphatic heterocycles. The third-order valence-corrected chi connectivity index (χ3v) is 5.68. The Balaban J connectivity index is 1.66. The molecule has 1 unspecified atom stereocenters. The number of carbonyl (C=O) groups excluding carboxylic acids is 3. The van der Waals surface area contributed by atoms with Gasteiger partial charge in [-0.05, 0) is 62.2 Å². The highest BCUT2D eigenvalue weighted by molar-refractivity contribution is 6.16. The van der Waals surface area contributed by atoms with E-state index in [0.29, 0.717) is 23.4 Å². The highest BCUT2D eigenvalue weighted by atomic mass is 16.5. The fraction of sp³-hybridized carbons (Fsp3) is 0.214.